The summed E-state index contributed by atoms with van der Waals surface area (Å²) in [6.45, 7) is -0.0322. The lowest BCUT2D eigenvalue weighted by atomic mass is 10.2. The van der Waals surface area contributed by atoms with Gasteiger partial charge in [-0.3, -0.25) is 10.1 Å². The molecular weight excluding hydrogens is 224 g/mol. The minimum absolute atomic E-state index is 0.0322. The lowest BCUT2D eigenvalue weighted by Crippen LogP contribution is -2.00. The molecule has 0 bridgehead atoms. The van der Waals surface area contributed by atoms with Crippen molar-refractivity contribution in [3.8, 4) is 5.69 Å². The Morgan fingerprint density at radius 1 is 1.41 bits per heavy atom. The largest absolute Gasteiger partial charge is 0.396 e. The summed E-state index contributed by atoms with van der Waals surface area (Å²) >= 11 is 0. The molecule has 0 aliphatic rings. The van der Waals surface area contributed by atoms with Gasteiger partial charge in [0.25, 0.3) is 5.69 Å². The number of rotatable bonds is 4. The minimum Gasteiger partial charge on any atom is -0.396 e. The van der Waals surface area contributed by atoms with E-state index in [2.05, 4.69) is 10.3 Å². The molecule has 7 heteroatoms. The van der Waals surface area contributed by atoms with E-state index in [1.165, 1.54) is 10.7 Å². The molecule has 0 radical (unpaired) electrons. The van der Waals surface area contributed by atoms with E-state index in [1.54, 1.807) is 24.4 Å². The van der Waals surface area contributed by atoms with Crippen LogP contribution in [0.5, 0.6) is 0 Å². The Morgan fingerprint density at radius 3 is 2.88 bits per heavy atom. The zero-order chi connectivity index (χ0) is 12.3. The highest BCUT2D eigenvalue weighted by Crippen LogP contribution is 2.21. The number of aliphatic hydroxyl groups is 1. The van der Waals surface area contributed by atoms with E-state index in [9.17, 15) is 10.1 Å². The fraction of sp³-hybridized carbons (Fsp3) is 0.200. The Balaban J connectivity index is 2.41. The van der Waals surface area contributed by atoms with Crippen LogP contribution in [0.4, 0.5) is 5.69 Å². The van der Waals surface area contributed by atoms with Gasteiger partial charge in [0.2, 0.25) is 0 Å². The first-order valence-corrected chi connectivity index (χ1v) is 4.98. The van der Waals surface area contributed by atoms with Crippen molar-refractivity contribution in [1.29, 1.82) is 0 Å². The lowest BCUT2D eigenvalue weighted by molar-refractivity contribution is -0.384. The van der Waals surface area contributed by atoms with E-state index in [0.29, 0.717) is 17.8 Å². The molecule has 0 aliphatic carbocycles. The standard InChI is InChI=1S/C10H10N4O3/c15-6-5-8-7-13(12-11-8)9-3-1-2-4-10(9)14(16)17/h1-4,7,15H,5-6H2. The molecule has 2 aromatic rings. The van der Waals surface area contributed by atoms with Gasteiger partial charge >= 0.3 is 0 Å². The number of hydrogen-bond donors (Lipinski definition) is 1. The molecule has 0 saturated carbocycles. The molecule has 17 heavy (non-hydrogen) atoms. The number of benzene rings is 1. The summed E-state index contributed by atoms with van der Waals surface area (Å²) in [5.74, 6) is 0. The molecule has 2 rings (SSSR count). The van der Waals surface area contributed by atoms with Crippen molar-refractivity contribution in [2.45, 2.75) is 6.42 Å². The molecule has 0 aliphatic heterocycles. The van der Waals surface area contributed by atoms with Gasteiger partial charge in [-0.15, -0.1) is 5.10 Å². The number of nitrogens with zero attached hydrogens (tertiary/aromatic N) is 4. The molecule has 0 atom stereocenters. The highest BCUT2D eigenvalue weighted by atomic mass is 16.6. The Bertz CT molecular complexity index is 538. The van der Waals surface area contributed by atoms with Gasteiger partial charge in [-0.2, -0.15) is 0 Å². The van der Waals surface area contributed by atoms with Crippen molar-refractivity contribution in [3.05, 3.63) is 46.3 Å². The van der Waals surface area contributed by atoms with Crippen LogP contribution in [0.2, 0.25) is 0 Å². The van der Waals surface area contributed by atoms with Crippen LogP contribution in [-0.2, 0) is 6.42 Å². The predicted molar refractivity (Wildman–Crippen MR) is 58.8 cm³/mol. The van der Waals surface area contributed by atoms with E-state index >= 15 is 0 Å². The maximum absolute atomic E-state index is 10.8. The first kappa shape index (κ1) is 11.2. The van der Waals surface area contributed by atoms with Crippen LogP contribution in [0.1, 0.15) is 5.69 Å². The Morgan fingerprint density at radius 2 is 2.18 bits per heavy atom. The second kappa shape index (κ2) is 4.71. The van der Waals surface area contributed by atoms with Gasteiger partial charge in [-0.05, 0) is 6.07 Å². The van der Waals surface area contributed by atoms with Crippen molar-refractivity contribution in [3.63, 3.8) is 0 Å². The molecule has 1 N–H and O–H groups in total. The molecule has 88 valence electrons. The van der Waals surface area contributed by atoms with Crippen molar-refractivity contribution < 1.29 is 10.0 Å². The van der Waals surface area contributed by atoms with Crippen LogP contribution < -0.4 is 0 Å². The van der Waals surface area contributed by atoms with Crippen LogP contribution in [-0.4, -0.2) is 31.6 Å². The Kier molecular flexibility index (Phi) is 3.10. The van der Waals surface area contributed by atoms with Gasteiger partial charge in [0.15, 0.2) is 0 Å². The molecule has 7 nitrogen and oxygen atoms in total. The third-order valence-corrected chi connectivity index (χ3v) is 2.23. The van der Waals surface area contributed by atoms with Gasteiger partial charge < -0.3 is 5.11 Å². The zero-order valence-corrected chi connectivity index (χ0v) is 8.85. The lowest BCUT2D eigenvalue weighted by Gasteiger charge is -2.00. The van der Waals surface area contributed by atoms with E-state index in [0.717, 1.165) is 0 Å². The molecule has 1 heterocycles. The number of nitro groups is 1. The maximum atomic E-state index is 10.8. The Labute approximate surface area is 96.5 Å². The van der Waals surface area contributed by atoms with E-state index in [1.807, 2.05) is 0 Å². The van der Waals surface area contributed by atoms with Gasteiger partial charge in [-0.1, -0.05) is 17.3 Å². The molecule has 0 unspecified atom stereocenters. The molecule has 1 aromatic carbocycles. The SMILES string of the molecule is O=[N+]([O-])c1ccccc1-n1cc(CCO)nn1. The second-order valence-electron chi connectivity index (χ2n) is 3.37. The maximum Gasteiger partial charge on any atom is 0.294 e. The highest BCUT2D eigenvalue weighted by Gasteiger charge is 2.15. The summed E-state index contributed by atoms with van der Waals surface area (Å²) < 4.78 is 1.34. The molecule has 0 amide bonds. The number of nitro benzene ring substituents is 1. The van der Waals surface area contributed by atoms with Gasteiger partial charge in [0, 0.05) is 19.1 Å². The average Bonchev–Trinajstić information content (AvgIpc) is 2.78. The molecule has 0 spiro atoms. The van der Waals surface area contributed by atoms with Crippen LogP contribution in [0, 0.1) is 10.1 Å². The normalized spacial score (nSPS) is 10.4. The first-order chi connectivity index (χ1) is 8.22. The van der Waals surface area contributed by atoms with Crippen molar-refractivity contribution in [1.82, 2.24) is 15.0 Å². The summed E-state index contributed by atoms with van der Waals surface area (Å²) in [6, 6.07) is 6.28. The smallest absolute Gasteiger partial charge is 0.294 e. The van der Waals surface area contributed by atoms with Crippen LogP contribution >= 0.6 is 0 Å². The first-order valence-electron chi connectivity index (χ1n) is 4.98. The van der Waals surface area contributed by atoms with Crippen molar-refractivity contribution >= 4 is 5.69 Å². The van der Waals surface area contributed by atoms with Gasteiger partial charge in [0.05, 0.1) is 16.8 Å². The summed E-state index contributed by atoms with van der Waals surface area (Å²) in [5.41, 5.74) is 0.910. The fourth-order valence-electron chi connectivity index (χ4n) is 1.46. The Hall–Kier alpha value is -2.28. The van der Waals surface area contributed by atoms with E-state index in [4.69, 9.17) is 5.11 Å². The number of para-hydroxylation sites is 2. The molecular formula is C10H10N4O3. The van der Waals surface area contributed by atoms with Gasteiger partial charge in [-0.25, -0.2) is 4.68 Å². The fourth-order valence-corrected chi connectivity index (χ4v) is 1.46. The average molecular weight is 234 g/mol. The van der Waals surface area contributed by atoms with E-state index in [-0.39, 0.29) is 12.3 Å². The van der Waals surface area contributed by atoms with Crippen LogP contribution in [0.3, 0.4) is 0 Å². The summed E-state index contributed by atoms with van der Waals surface area (Å²) in [5, 5.41) is 27.2. The van der Waals surface area contributed by atoms with E-state index < -0.39 is 4.92 Å². The third kappa shape index (κ3) is 2.28. The number of aliphatic hydroxyl groups excluding tert-OH is 1. The zero-order valence-electron chi connectivity index (χ0n) is 8.85. The van der Waals surface area contributed by atoms with Crippen LogP contribution in [0.25, 0.3) is 5.69 Å². The summed E-state index contributed by atoms with van der Waals surface area (Å²) in [7, 11) is 0. The van der Waals surface area contributed by atoms with Crippen molar-refractivity contribution in [2.75, 3.05) is 6.61 Å². The topological polar surface area (TPSA) is 94.1 Å². The third-order valence-electron chi connectivity index (χ3n) is 2.23. The molecule has 0 saturated heterocycles. The van der Waals surface area contributed by atoms with Crippen LogP contribution in [0.15, 0.2) is 30.5 Å². The second-order valence-corrected chi connectivity index (χ2v) is 3.37. The monoisotopic (exact) mass is 234 g/mol. The summed E-state index contributed by atoms with van der Waals surface area (Å²) in [4.78, 5) is 10.4. The number of aromatic nitrogens is 3. The van der Waals surface area contributed by atoms with Gasteiger partial charge in [0.1, 0.15) is 5.69 Å². The minimum atomic E-state index is -0.470. The quantitative estimate of drug-likeness (QED) is 0.621. The van der Waals surface area contributed by atoms with Crippen molar-refractivity contribution in [2.24, 2.45) is 0 Å². The highest BCUT2D eigenvalue weighted by molar-refractivity contribution is 5.51. The molecule has 1 aromatic heterocycles. The predicted octanol–water partition coefficient (Wildman–Crippen LogP) is 0.710. The number of hydrogen-bond acceptors (Lipinski definition) is 5. The molecule has 0 fully saturated rings. The summed E-state index contributed by atoms with van der Waals surface area (Å²) in [6.07, 6.45) is 1.94.